The van der Waals surface area contributed by atoms with Gasteiger partial charge in [0.1, 0.15) is 0 Å². The van der Waals surface area contributed by atoms with Crippen molar-refractivity contribution in [3.63, 3.8) is 0 Å². The minimum Gasteiger partial charge on any atom is -0.354 e. The zero-order valence-corrected chi connectivity index (χ0v) is 17.2. The first-order chi connectivity index (χ1) is 15.3. The molecular weight excluding hydrogens is 419 g/mol. The van der Waals surface area contributed by atoms with E-state index in [0.717, 1.165) is 44.6 Å². The van der Waals surface area contributed by atoms with Gasteiger partial charge in [-0.05, 0) is 61.7 Å². The fourth-order valence-corrected chi connectivity index (χ4v) is 4.85. The summed E-state index contributed by atoms with van der Waals surface area (Å²) >= 11 is 0. The predicted octanol–water partition coefficient (Wildman–Crippen LogP) is 4.04. The number of piperidine rings is 3. The third-order valence-corrected chi connectivity index (χ3v) is 6.58. The lowest BCUT2D eigenvalue weighted by Crippen LogP contribution is -2.57. The number of aromatic nitrogens is 1. The minimum atomic E-state index is -4.49. The van der Waals surface area contributed by atoms with Crippen molar-refractivity contribution in [2.75, 3.05) is 19.6 Å². The molecule has 0 spiro atoms. The zero-order valence-electron chi connectivity index (χ0n) is 17.2. The van der Waals surface area contributed by atoms with Gasteiger partial charge in [-0.25, -0.2) is 0 Å². The fraction of sp³-hybridized carbons (Fsp3) is 0.333. The van der Waals surface area contributed by atoms with Gasteiger partial charge in [-0.2, -0.15) is 13.2 Å². The minimum absolute atomic E-state index is 0.0543. The van der Waals surface area contributed by atoms with Crippen LogP contribution in [0.25, 0.3) is 22.2 Å². The van der Waals surface area contributed by atoms with E-state index in [-0.39, 0.29) is 28.6 Å². The highest BCUT2D eigenvalue weighted by atomic mass is 19.4. The number of carbonyl (C=O) groups excluding carboxylic acids is 1. The number of H-pyrrole nitrogens is 1. The molecule has 3 aromatic rings. The van der Waals surface area contributed by atoms with Crippen LogP contribution in [0.1, 0.15) is 28.8 Å². The Bertz CT molecular complexity index is 1240. The number of hydrogen-bond donors (Lipinski definition) is 2. The smallest absolute Gasteiger partial charge is 0.354 e. The van der Waals surface area contributed by atoms with Gasteiger partial charge in [0.25, 0.3) is 5.91 Å². The Morgan fingerprint density at radius 1 is 1.06 bits per heavy atom. The molecule has 3 saturated heterocycles. The van der Waals surface area contributed by atoms with E-state index in [2.05, 4.69) is 15.2 Å². The second kappa shape index (κ2) is 7.78. The van der Waals surface area contributed by atoms with E-state index in [0.29, 0.717) is 22.4 Å². The first-order valence-electron chi connectivity index (χ1n) is 10.7. The quantitative estimate of drug-likeness (QED) is 0.645. The first kappa shape index (κ1) is 20.8. The molecule has 32 heavy (non-hydrogen) atoms. The molecule has 8 heteroatoms. The molecule has 0 aliphatic carbocycles. The highest BCUT2D eigenvalue weighted by molar-refractivity contribution is 6.06. The molecular formula is C24H22F3N3O2. The molecule has 3 fully saturated rings. The Kier molecular flexibility index (Phi) is 5.04. The van der Waals surface area contributed by atoms with Gasteiger partial charge >= 0.3 is 6.18 Å². The van der Waals surface area contributed by atoms with Crippen LogP contribution in [-0.4, -0.2) is 41.5 Å². The molecule has 3 aliphatic heterocycles. The van der Waals surface area contributed by atoms with Crippen LogP contribution in [0, 0.1) is 5.92 Å². The molecule has 2 aromatic carbocycles. The van der Waals surface area contributed by atoms with Gasteiger partial charge in [0.2, 0.25) is 0 Å². The van der Waals surface area contributed by atoms with Crippen LogP contribution in [0.4, 0.5) is 13.2 Å². The fourth-order valence-electron chi connectivity index (χ4n) is 4.85. The van der Waals surface area contributed by atoms with Crippen molar-refractivity contribution in [3.05, 3.63) is 69.9 Å². The first-order valence-corrected chi connectivity index (χ1v) is 10.7. The van der Waals surface area contributed by atoms with Crippen LogP contribution in [0.5, 0.6) is 0 Å². The van der Waals surface area contributed by atoms with E-state index in [1.165, 1.54) is 18.2 Å². The molecule has 1 amide bonds. The molecule has 0 radical (unpaired) electrons. The third-order valence-electron chi connectivity index (χ3n) is 6.58. The summed E-state index contributed by atoms with van der Waals surface area (Å²) in [6.45, 7) is 2.92. The largest absolute Gasteiger partial charge is 0.416 e. The number of para-hydroxylation sites is 1. The molecule has 1 unspecified atom stereocenters. The molecule has 5 nitrogen and oxygen atoms in total. The van der Waals surface area contributed by atoms with Crippen molar-refractivity contribution < 1.29 is 18.0 Å². The van der Waals surface area contributed by atoms with Crippen molar-refractivity contribution in [2.45, 2.75) is 25.1 Å². The standard InChI is InChI=1S/C24H22F3N3O2/c25-24(26,27)16-4-1-3-15(11-16)19-12-21(31)17-5-2-6-18(22(17)28-19)23(32)29-20-13-30-9-7-14(20)8-10-30/h1-6,11-12,14,20H,7-10,13H2,(H,28,31)(H,29,32). The van der Waals surface area contributed by atoms with E-state index in [1.807, 2.05) is 0 Å². The van der Waals surface area contributed by atoms with Crippen molar-refractivity contribution >= 4 is 16.8 Å². The number of benzene rings is 2. The lowest BCUT2D eigenvalue weighted by atomic mass is 9.84. The number of rotatable bonds is 3. The summed E-state index contributed by atoms with van der Waals surface area (Å²) in [7, 11) is 0. The van der Waals surface area contributed by atoms with Gasteiger partial charge in [-0.1, -0.05) is 18.2 Å². The summed E-state index contributed by atoms with van der Waals surface area (Å²) in [6, 6.07) is 11.0. The van der Waals surface area contributed by atoms with Crippen molar-refractivity contribution in [3.8, 4) is 11.3 Å². The van der Waals surface area contributed by atoms with Crippen molar-refractivity contribution in [1.82, 2.24) is 15.2 Å². The van der Waals surface area contributed by atoms with Crippen LogP contribution in [0.15, 0.2) is 53.3 Å². The molecule has 4 heterocycles. The SMILES string of the molecule is O=C(NC1CN2CCC1CC2)c1cccc2c(=O)cc(-c3cccc(C(F)(F)F)c3)[nH]c12. The van der Waals surface area contributed by atoms with Crippen LogP contribution in [0.2, 0.25) is 0 Å². The van der Waals surface area contributed by atoms with Gasteiger partial charge in [0.15, 0.2) is 5.43 Å². The summed E-state index contributed by atoms with van der Waals surface area (Å²) in [5, 5.41) is 3.44. The average Bonchev–Trinajstić information content (AvgIpc) is 2.79. The van der Waals surface area contributed by atoms with Gasteiger partial charge in [-0.3, -0.25) is 9.59 Å². The Morgan fingerprint density at radius 2 is 1.81 bits per heavy atom. The molecule has 1 atom stereocenters. The Balaban J connectivity index is 1.53. The zero-order chi connectivity index (χ0) is 22.5. The lowest BCUT2D eigenvalue weighted by Gasteiger charge is -2.44. The summed E-state index contributed by atoms with van der Waals surface area (Å²) in [5.41, 5.74) is -0.0628. The number of alkyl halides is 3. The number of hydrogen-bond acceptors (Lipinski definition) is 3. The number of halogens is 3. The maximum atomic E-state index is 13.1. The lowest BCUT2D eigenvalue weighted by molar-refractivity contribution is -0.137. The number of amides is 1. The van der Waals surface area contributed by atoms with Crippen molar-refractivity contribution in [2.24, 2.45) is 5.92 Å². The van der Waals surface area contributed by atoms with Gasteiger partial charge < -0.3 is 15.2 Å². The number of nitrogens with zero attached hydrogens (tertiary/aromatic N) is 1. The van der Waals surface area contributed by atoms with Gasteiger partial charge in [0, 0.05) is 29.7 Å². The third kappa shape index (κ3) is 3.79. The number of carbonyl (C=O) groups is 1. The Labute approximate surface area is 182 Å². The monoisotopic (exact) mass is 441 g/mol. The van der Waals surface area contributed by atoms with Crippen LogP contribution in [-0.2, 0) is 6.18 Å². The normalized spacial score (nSPS) is 22.8. The number of fused-ring (bicyclic) bond motifs is 4. The molecule has 0 saturated carbocycles. The molecule has 2 bridgehead atoms. The molecule has 166 valence electrons. The summed E-state index contributed by atoms with van der Waals surface area (Å²) in [5.74, 6) is 0.157. The predicted molar refractivity (Wildman–Crippen MR) is 115 cm³/mol. The average molecular weight is 441 g/mol. The van der Waals surface area contributed by atoms with Crippen LogP contribution >= 0.6 is 0 Å². The topological polar surface area (TPSA) is 65.2 Å². The molecule has 1 aromatic heterocycles. The van der Waals surface area contributed by atoms with Gasteiger partial charge in [-0.15, -0.1) is 0 Å². The maximum Gasteiger partial charge on any atom is 0.416 e. The highest BCUT2D eigenvalue weighted by Gasteiger charge is 2.35. The maximum absolute atomic E-state index is 13.1. The van der Waals surface area contributed by atoms with Crippen molar-refractivity contribution in [1.29, 1.82) is 0 Å². The molecule has 3 aliphatic rings. The Hall–Kier alpha value is -3.13. The van der Waals surface area contributed by atoms with E-state index < -0.39 is 11.7 Å². The second-order valence-electron chi connectivity index (χ2n) is 8.57. The summed E-state index contributed by atoms with van der Waals surface area (Å²) in [6.07, 6.45) is -2.39. The number of aromatic amines is 1. The van der Waals surface area contributed by atoms with Crippen LogP contribution < -0.4 is 10.7 Å². The second-order valence-corrected chi connectivity index (χ2v) is 8.57. The van der Waals surface area contributed by atoms with E-state index >= 15 is 0 Å². The summed E-state index contributed by atoms with van der Waals surface area (Å²) in [4.78, 5) is 31.3. The molecule has 6 rings (SSSR count). The van der Waals surface area contributed by atoms with E-state index in [4.69, 9.17) is 0 Å². The van der Waals surface area contributed by atoms with E-state index in [1.54, 1.807) is 18.2 Å². The highest BCUT2D eigenvalue weighted by Crippen LogP contribution is 2.32. The molecule has 2 N–H and O–H groups in total. The van der Waals surface area contributed by atoms with E-state index in [9.17, 15) is 22.8 Å². The number of nitrogens with one attached hydrogen (secondary N) is 2. The van der Waals surface area contributed by atoms with Gasteiger partial charge in [0.05, 0.1) is 16.6 Å². The number of pyridine rings is 1. The summed E-state index contributed by atoms with van der Waals surface area (Å²) < 4.78 is 39.4. The van der Waals surface area contributed by atoms with Crippen LogP contribution in [0.3, 0.4) is 0 Å². The Morgan fingerprint density at radius 3 is 2.50 bits per heavy atom.